The minimum atomic E-state index is -0.388. The molecule has 1 amide bonds. The first-order valence-corrected chi connectivity index (χ1v) is 9.73. The van der Waals surface area contributed by atoms with Gasteiger partial charge in [-0.3, -0.25) is 4.79 Å². The van der Waals surface area contributed by atoms with E-state index in [1.54, 1.807) is 24.3 Å². The fourth-order valence-corrected chi connectivity index (χ4v) is 3.22. The fraction of sp³-hybridized carbons (Fsp3) is 0.143. The molecular weight excluding hydrogens is 435 g/mol. The third kappa shape index (κ3) is 5.54. The number of hydrogen-bond acceptors (Lipinski definition) is 4. The van der Waals surface area contributed by atoms with E-state index in [0.717, 1.165) is 11.1 Å². The van der Waals surface area contributed by atoms with E-state index in [1.165, 1.54) is 6.21 Å². The first-order valence-electron chi connectivity index (χ1n) is 8.60. The second-order valence-corrected chi connectivity index (χ2v) is 7.52. The molecular formula is C21H17Cl3N2O3. The lowest BCUT2D eigenvalue weighted by Gasteiger charge is -2.08. The maximum Gasteiger partial charge on any atom is 0.277 e. The molecule has 0 saturated carbocycles. The Hall–Kier alpha value is -2.47. The van der Waals surface area contributed by atoms with E-state index in [-0.39, 0.29) is 12.5 Å². The van der Waals surface area contributed by atoms with Crippen LogP contribution in [0.2, 0.25) is 15.1 Å². The molecule has 3 aromatic rings. The van der Waals surface area contributed by atoms with E-state index in [0.29, 0.717) is 37.9 Å². The molecule has 5 nitrogen and oxygen atoms in total. The molecule has 2 aromatic carbocycles. The number of ether oxygens (including phenoxy) is 1. The maximum absolute atomic E-state index is 11.9. The van der Waals surface area contributed by atoms with Crippen molar-refractivity contribution in [3.63, 3.8) is 0 Å². The standard InChI is InChI=1S/C21H17Cl3N2O3/c1-12-3-5-19(13(2)7-12)28-11-21(27)26-25-10-14-4-6-20(29-14)15-8-17(23)18(24)9-16(15)22/h3-10H,11H2,1-2H3,(H,26,27)/b25-10-. The number of hydrazone groups is 1. The zero-order valence-corrected chi connectivity index (χ0v) is 17.9. The number of carbonyl (C=O) groups excluding carboxylic acids is 1. The number of amides is 1. The maximum atomic E-state index is 11.9. The smallest absolute Gasteiger partial charge is 0.277 e. The molecule has 0 saturated heterocycles. The van der Waals surface area contributed by atoms with E-state index in [4.69, 9.17) is 44.0 Å². The molecule has 1 N–H and O–H groups in total. The normalized spacial score (nSPS) is 11.1. The molecule has 8 heteroatoms. The molecule has 0 aliphatic rings. The Labute approximate surface area is 183 Å². The van der Waals surface area contributed by atoms with Crippen LogP contribution < -0.4 is 10.2 Å². The number of nitrogens with zero attached hydrogens (tertiary/aromatic N) is 1. The SMILES string of the molecule is Cc1ccc(OCC(=O)N/N=C\c2ccc(-c3cc(Cl)c(Cl)cc3Cl)o2)c(C)c1. The predicted molar refractivity (Wildman–Crippen MR) is 116 cm³/mol. The summed E-state index contributed by atoms with van der Waals surface area (Å²) < 4.78 is 11.2. The van der Waals surface area contributed by atoms with Crippen LogP contribution in [0.3, 0.4) is 0 Å². The number of carbonyl (C=O) groups is 1. The van der Waals surface area contributed by atoms with Crippen LogP contribution in [-0.2, 0) is 4.79 Å². The van der Waals surface area contributed by atoms with Crippen molar-refractivity contribution in [3.05, 3.63) is 74.4 Å². The summed E-state index contributed by atoms with van der Waals surface area (Å²) in [6, 6.07) is 12.3. The number of halogens is 3. The summed E-state index contributed by atoms with van der Waals surface area (Å²) in [5.74, 6) is 1.20. The van der Waals surface area contributed by atoms with Gasteiger partial charge in [0.1, 0.15) is 17.3 Å². The van der Waals surface area contributed by atoms with E-state index in [1.807, 2.05) is 32.0 Å². The van der Waals surface area contributed by atoms with Crippen LogP contribution in [0, 0.1) is 13.8 Å². The molecule has 1 heterocycles. The number of furan rings is 1. The molecule has 0 fully saturated rings. The van der Waals surface area contributed by atoms with Crippen molar-refractivity contribution in [1.29, 1.82) is 0 Å². The van der Waals surface area contributed by atoms with E-state index in [9.17, 15) is 4.79 Å². The Kier molecular flexibility index (Phi) is 6.85. The van der Waals surface area contributed by atoms with Crippen LogP contribution in [0.5, 0.6) is 5.75 Å². The van der Waals surface area contributed by atoms with Crippen molar-refractivity contribution in [3.8, 4) is 17.1 Å². The second kappa shape index (κ2) is 9.35. The zero-order valence-electron chi connectivity index (χ0n) is 15.6. The Morgan fingerprint density at radius 2 is 1.83 bits per heavy atom. The first-order chi connectivity index (χ1) is 13.8. The Balaban J connectivity index is 1.57. The van der Waals surface area contributed by atoms with Gasteiger partial charge in [0, 0.05) is 5.56 Å². The van der Waals surface area contributed by atoms with Gasteiger partial charge >= 0.3 is 0 Å². The van der Waals surface area contributed by atoms with Gasteiger partial charge in [-0.25, -0.2) is 5.43 Å². The molecule has 0 bridgehead atoms. The average Bonchev–Trinajstić information content (AvgIpc) is 3.12. The summed E-state index contributed by atoms with van der Waals surface area (Å²) in [7, 11) is 0. The second-order valence-electron chi connectivity index (χ2n) is 6.30. The van der Waals surface area contributed by atoms with Crippen molar-refractivity contribution >= 4 is 46.9 Å². The van der Waals surface area contributed by atoms with Gasteiger partial charge in [0.05, 0.1) is 21.3 Å². The monoisotopic (exact) mass is 450 g/mol. The van der Waals surface area contributed by atoms with Crippen LogP contribution in [0.25, 0.3) is 11.3 Å². The lowest BCUT2D eigenvalue weighted by molar-refractivity contribution is -0.123. The highest BCUT2D eigenvalue weighted by molar-refractivity contribution is 6.44. The van der Waals surface area contributed by atoms with Crippen molar-refractivity contribution in [2.24, 2.45) is 5.10 Å². The number of benzene rings is 2. The highest BCUT2D eigenvalue weighted by atomic mass is 35.5. The largest absolute Gasteiger partial charge is 0.483 e. The summed E-state index contributed by atoms with van der Waals surface area (Å²) in [6.45, 7) is 3.77. The number of hydrogen-bond donors (Lipinski definition) is 1. The molecule has 0 aliphatic heterocycles. The number of nitrogens with one attached hydrogen (secondary N) is 1. The summed E-state index contributed by atoms with van der Waals surface area (Å²) in [4.78, 5) is 11.9. The molecule has 0 aliphatic carbocycles. The van der Waals surface area contributed by atoms with Gasteiger partial charge in [0.15, 0.2) is 6.61 Å². The molecule has 0 radical (unpaired) electrons. The van der Waals surface area contributed by atoms with Crippen LogP contribution in [-0.4, -0.2) is 18.7 Å². The van der Waals surface area contributed by atoms with Crippen LogP contribution in [0.4, 0.5) is 0 Å². The van der Waals surface area contributed by atoms with Crippen LogP contribution in [0.1, 0.15) is 16.9 Å². The Bertz CT molecular complexity index is 1080. The molecule has 29 heavy (non-hydrogen) atoms. The Morgan fingerprint density at radius 3 is 2.59 bits per heavy atom. The predicted octanol–water partition coefficient (Wildman–Crippen LogP) is 6.05. The van der Waals surface area contributed by atoms with Gasteiger partial charge in [-0.15, -0.1) is 0 Å². The molecule has 1 aromatic heterocycles. The minimum Gasteiger partial charge on any atom is -0.483 e. The van der Waals surface area contributed by atoms with Crippen molar-refractivity contribution < 1.29 is 13.9 Å². The number of aryl methyl sites for hydroxylation is 2. The molecule has 0 spiro atoms. The summed E-state index contributed by atoms with van der Waals surface area (Å²) in [5.41, 5.74) is 5.09. The van der Waals surface area contributed by atoms with E-state index < -0.39 is 0 Å². The van der Waals surface area contributed by atoms with Crippen molar-refractivity contribution in [1.82, 2.24) is 5.43 Å². The lowest BCUT2D eigenvalue weighted by Crippen LogP contribution is -2.24. The third-order valence-electron chi connectivity index (χ3n) is 3.97. The van der Waals surface area contributed by atoms with Gasteiger partial charge in [-0.1, -0.05) is 52.5 Å². The van der Waals surface area contributed by atoms with Crippen molar-refractivity contribution in [2.45, 2.75) is 13.8 Å². The first kappa shape index (κ1) is 21.2. The molecule has 0 atom stereocenters. The minimum absolute atomic E-state index is 0.149. The fourth-order valence-electron chi connectivity index (χ4n) is 2.58. The van der Waals surface area contributed by atoms with E-state index >= 15 is 0 Å². The summed E-state index contributed by atoms with van der Waals surface area (Å²) in [5, 5.41) is 5.01. The quantitative estimate of drug-likeness (QED) is 0.282. The summed E-state index contributed by atoms with van der Waals surface area (Å²) >= 11 is 18.2. The van der Waals surface area contributed by atoms with Crippen molar-refractivity contribution in [2.75, 3.05) is 6.61 Å². The summed E-state index contributed by atoms with van der Waals surface area (Å²) in [6.07, 6.45) is 1.38. The number of rotatable bonds is 6. The van der Waals surface area contributed by atoms with Gasteiger partial charge in [-0.05, 0) is 49.7 Å². The highest BCUT2D eigenvalue weighted by Gasteiger charge is 2.11. The van der Waals surface area contributed by atoms with Gasteiger partial charge < -0.3 is 9.15 Å². The Morgan fingerprint density at radius 1 is 1.07 bits per heavy atom. The molecule has 3 rings (SSSR count). The van der Waals surface area contributed by atoms with E-state index in [2.05, 4.69) is 10.5 Å². The average molecular weight is 452 g/mol. The molecule has 0 unspecified atom stereocenters. The highest BCUT2D eigenvalue weighted by Crippen LogP contribution is 2.35. The zero-order chi connectivity index (χ0) is 21.0. The van der Waals surface area contributed by atoms with Crippen LogP contribution >= 0.6 is 34.8 Å². The third-order valence-corrected chi connectivity index (χ3v) is 5.01. The van der Waals surface area contributed by atoms with Gasteiger partial charge in [0.25, 0.3) is 5.91 Å². The van der Waals surface area contributed by atoms with Gasteiger partial charge in [0.2, 0.25) is 0 Å². The van der Waals surface area contributed by atoms with Crippen LogP contribution in [0.15, 0.2) is 52.0 Å². The lowest BCUT2D eigenvalue weighted by atomic mass is 10.1. The topological polar surface area (TPSA) is 63.8 Å². The molecule has 150 valence electrons. The van der Waals surface area contributed by atoms with Gasteiger partial charge in [-0.2, -0.15) is 5.10 Å².